The Hall–Kier alpha value is -1.76. The number of amides is 2. The SMILES string of the molecule is O=C(NC1CCC(C(=O)O)CC1)NC1CCSc2ccc(F)cc21. The van der Waals surface area contributed by atoms with Crippen LogP contribution >= 0.6 is 11.8 Å². The fraction of sp³-hybridized carbons (Fsp3) is 0.529. The van der Waals surface area contributed by atoms with Crippen molar-refractivity contribution < 1.29 is 19.1 Å². The number of nitrogens with one attached hydrogen (secondary N) is 2. The minimum atomic E-state index is -0.753. The van der Waals surface area contributed by atoms with Gasteiger partial charge in [0.2, 0.25) is 0 Å². The second kappa shape index (κ2) is 7.42. The first-order chi connectivity index (χ1) is 11.5. The Kier molecular flexibility index (Phi) is 5.28. The van der Waals surface area contributed by atoms with E-state index in [0.717, 1.165) is 22.6 Å². The van der Waals surface area contributed by atoms with E-state index in [1.54, 1.807) is 17.8 Å². The van der Waals surface area contributed by atoms with Crippen LogP contribution in [0.5, 0.6) is 0 Å². The molecule has 0 radical (unpaired) electrons. The third kappa shape index (κ3) is 4.01. The van der Waals surface area contributed by atoms with Crippen molar-refractivity contribution in [2.75, 3.05) is 5.75 Å². The van der Waals surface area contributed by atoms with Crippen LogP contribution in [0.4, 0.5) is 9.18 Å². The largest absolute Gasteiger partial charge is 0.481 e. The number of carbonyl (C=O) groups is 2. The number of fused-ring (bicyclic) bond motifs is 1. The van der Waals surface area contributed by atoms with E-state index in [1.807, 2.05) is 0 Å². The fourth-order valence-electron chi connectivity index (χ4n) is 3.39. The summed E-state index contributed by atoms with van der Waals surface area (Å²) in [5.74, 6) is -0.462. The average molecular weight is 352 g/mol. The summed E-state index contributed by atoms with van der Waals surface area (Å²) < 4.78 is 13.5. The minimum Gasteiger partial charge on any atom is -0.481 e. The third-order valence-corrected chi connectivity index (χ3v) is 5.85. The highest BCUT2D eigenvalue weighted by atomic mass is 32.2. The molecule has 0 saturated heterocycles. The maximum Gasteiger partial charge on any atom is 0.315 e. The predicted molar refractivity (Wildman–Crippen MR) is 89.5 cm³/mol. The van der Waals surface area contributed by atoms with Gasteiger partial charge in [-0.1, -0.05) is 0 Å². The lowest BCUT2D eigenvalue weighted by molar-refractivity contribution is -0.142. The molecule has 3 rings (SSSR count). The van der Waals surface area contributed by atoms with Gasteiger partial charge in [-0.2, -0.15) is 0 Å². The molecule has 0 aromatic heterocycles. The first-order valence-electron chi connectivity index (χ1n) is 8.25. The number of carboxylic acid groups (broad SMARTS) is 1. The topological polar surface area (TPSA) is 78.4 Å². The molecule has 1 aliphatic heterocycles. The lowest BCUT2D eigenvalue weighted by Gasteiger charge is -2.29. The molecule has 5 nitrogen and oxygen atoms in total. The van der Waals surface area contributed by atoms with Crippen LogP contribution in [0.3, 0.4) is 0 Å². The van der Waals surface area contributed by atoms with Gasteiger partial charge in [0.25, 0.3) is 0 Å². The Labute approximate surface area is 144 Å². The molecule has 2 aliphatic rings. The maximum absolute atomic E-state index is 13.5. The van der Waals surface area contributed by atoms with E-state index in [0.29, 0.717) is 25.7 Å². The van der Waals surface area contributed by atoms with Gasteiger partial charge in [0, 0.05) is 16.7 Å². The van der Waals surface area contributed by atoms with Crippen LogP contribution in [0.1, 0.15) is 43.7 Å². The number of urea groups is 1. The molecule has 1 aromatic carbocycles. The molecular weight excluding hydrogens is 331 g/mol. The zero-order valence-electron chi connectivity index (χ0n) is 13.3. The van der Waals surface area contributed by atoms with Gasteiger partial charge in [0.15, 0.2) is 0 Å². The highest BCUT2D eigenvalue weighted by Gasteiger charge is 2.28. The molecule has 0 spiro atoms. The first-order valence-corrected chi connectivity index (χ1v) is 9.23. The molecule has 1 unspecified atom stereocenters. The van der Waals surface area contributed by atoms with Crippen molar-refractivity contribution in [1.82, 2.24) is 10.6 Å². The highest BCUT2D eigenvalue weighted by Crippen LogP contribution is 2.36. The second-order valence-corrected chi connectivity index (χ2v) is 7.51. The predicted octanol–water partition coefficient (Wildman–Crippen LogP) is 3.31. The fourth-order valence-corrected chi connectivity index (χ4v) is 4.49. The van der Waals surface area contributed by atoms with Crippen LogP contribution in [0.15, 0.2) is 23.1 Å². The van der Waals surface area contributed by atoms with Crippen LogP contribution in [-0.4, -0.2) is 28.9 Å². The number of carboxylic acids is 1. The number of carbonyl (C=O) groups excluding carboxylic acids is 1. The molecule has 1 saturated carbocycles. The van der Waals surface area contributed by atoms with E-state index >= 15 is 0 Å². The summed E-state index contributed by atoms with van der Waals surface area (Å²) in [5.41, 5.74) is 0.830. The molecule has 1 atom stereocenters. The Morgan fingerprint density at radius 1 is 1.12 bits per heavy atom. The summed E-state index contributed by atoms with van der Waals surface area (Å²) >= 11 is 1.67. The monoisotopic (exact) mass is 352 g/mol. The molecule has 2 amide bonds. The van der Waals surface area contributed by atoms with E-state index in [-0.39, 0.29) is 29.8 Å². The highest BCUT2D eigenvalue weighted by molar-refractivity contribution is 7.99. The molecule has 24 heavy (non-hydrogen) atoms. The average Bonchev–Trinajstić information content (AvgIpc) is 2.56. The number of hydrogen-bond acceptors (Lipinski definition) is 3. The summed E-state index contributed by atoms with van der Waals surface area (Å²) in [6, 6.07) is 4.24. The van der Waals surface area contributed by atoms with Gasteiger partial charge in [-0.15, -0.1) is 11.8 Å². The van der Waals surface area contributed by atoms with Crippen molar-refractivity contribution in [1.29, 1.82) is 0 Å². The van der Waals surface area contributed by atoms with Crippen LogP contribution in [0.25, 0.3) is 0 Å². The first kappa shape index (κ1) is 17.1. The van der Waals surface area contributed by atoms with E-state index in [9.17, 15) is 14.0 Å². The molecule has 0 bridgehead atoms. The Balaban J connectivity index is 1.55. The van der Waals surface area contributed by atoms with Crippen molar-refractivity contribution >= 4 is 23.8 Å². The molecule has 1 fully saturated rings. The van der Waals surface area contributed by atoms with Gasteiger partial charge in [0.1, 0.15) is 5.82 Å². The van der Waals surface area contributed by atoms with Crippen molar-refractivity contribution in [3.8, 4) is 0 Å². The van der Waals surface area contributed by atoms with Crippen LogP contribution in [0, 0.1) is 11.7 Å². The lowest BCUT2D eigenvalue weighted by Crippen LogP contribution is -2.45. The van der Waals surface area contributed by atoms with E-state index in [1.165, 1.54) is 12.1 Å². The van der Waals surface area contributed by atoms with Crippen molar-refractivity contribution in [3.63, 3.8) is 0 Å². The normalized spacial score (nSPS) is 26.3. The summed E-state index contributed by atoms with van der Waals surface area (Å²) in [4.78, 5) is 24.2. The van der Waals surface area contributed by atoms with Gasteiger partial charge in [0.05, 0.1) is 12.0 Å². The maximum atomic E-state index is 13.5. The van der Waals surface area contributed by atoms with Crippen molar-refractivity contribution in [2.24, 2.45) is 5.92 Å². The van der Waals surface area contributed by atoms with Gasteiger partial charge >= 0.3 is 12.0 Å². The van der Waals surface area contributed by atoms with E-state index in [4.69, 9.17) is 5.11 Å². The summed E-state index contributed by atoms with van der Waals surface area (Å²) in [5, 5.41) is 14.9. The molecule has 130 valence electrons. The second-order valence-electron chi connectivity index (χ2n) is 6.38. The number of aliphatic carboxylic acids is 1. The summed E-state index contributed by atoms with van der Waals surface area (Å²) in [6.45, 7) is 0. The Bertz CT molecular complexity index is 632. The van der Waals surface area contributed by atoms with E-state index in [2.05, 4.69) is 10.6 Å². The Morgan fingerprint density at radius 3 is 2.58 bits per heavy atom. The van der Waals surface area contributed by atoms with E-state index < -0.39 is 5.97 Å². The molecular formula is C17H21FN2O3S. The van der Waals surface area contributed by atoms with Gasteiger partial charge in [-0.05, 0) is 55.9 Å². The quantitative estimate of drug-likeness (QED) is 0.780. The number of rotatable bonds is 3. The number of thioether (sulfide) groups is 1. The molecule has 1 aliphatic carbocycles. The van der Waals surface area contributed by atoms with Crippen LogP contribution in [0.2, 0.25) is 0 Å². The van der Waals surface area contributed by atoms with Crippen molar-refractivity contribution in [3.05, 3.63) is 29.6 Å². The zero-order valence-corrected chi connectivity index (χ0v) is 14.1. The lowest BCUT2D eigenvalue weighted by atomic mass is 9.86. The van der Waals surface area contributed by atoms with Gasteiger partial charge in [-0.25, -0.2) is 9.18 Å². The van der Waals surface area contributed by atoms with Crippen LogP contribution < -0.4 is 10.6 Å². The number of halogens is 1. The standard InChI is InChI=1S/C17H21FN2O3S/c18-11-3-6-15-13(9-11)14(7-8-24-15)20-17(23)19-12-4-1-10(2-5-12)16(21)22/h3,6,9-10,12,14H,1-2,4-5,7-8H2,(H,21,22)(H2,19,20,23). The number of benzene rings is 1. The molecule has 7 heteroatoms. The third-order valence-electron chi connectivity index (χ3n) is 4.73. The smallest absolute Gasteiger partial charge is 0.315 e. The van der Waals surface area contributed by atoms with Gasteiger partial charge in [-0.3, -0.25) is 4.79 Å². The van der Waals surface area contributed by atoms with Crippen LogP contribution in [-0.2, 0) is 4.79 Å². The molecule has 1 aromatic rings. The van der Waals surface area contributed by atoms with Gasteiger partial charge < -0.3 is 15.7 Å². The summed E-state index contributed by atoms with van der Waals surface area (Å²) in [7, 11) is 0. The minimum absolute atomic E-state index is 0.00513. The van der Waals surface area contributed by atoms with Crippen molar-refractivity contribution in [2.45, 2.75) is 49.1 Å². The molecule has 3 N–H and O–H groups in total. The Morgan fingerprint density at radius 2 is 1.88 bits per heavy atom. The summed E-state index contributed by atoms with van der Waals surface area (Å²) in [6.07, 6.45) is 3.30. The zero-order chi connectivity index (χ0) is 17.1. The number of hydrogen-bond donors (Lipinski definition) is 3. The molecule has 1 heterocycles.